The largest absolute Gasteiger partial charge is 0.481 e. The van der Waals surface area contributed by atoms with Gasteiger partial charge in [-0.3, -0.25) is 9.59 Å². The maximum absolute atomic E-state index is 12.3. The summed E-state index contributed by atoms with van der Waals surface area (Å²) in [5.74, 6) is -0.230. The molecule has 0 saturated carbocycles. The molecule has 1 fully saturated rings. The monoisotopic (exact) mass is 385 g/mol. The maximum Gasteiger partial charge on any atom is 0.308 e. The lowest BCUT2D eigenvalue weighted by Crippen LogP contribution is -2.45. The molecule has 22 heavy (non-hydrogen) atoms. The number of carbonyl (C=O) groups excluding carboxylic acids is 1. The van der Waals surface area contributed by atoms with Gasteiger partial charge in [0.15, 0.2) is 0 Å². The molecular weight excluding hydrogens is 366 g/mol. The van der Waals surface area contributed by atoms with Crippen LogP contribution in [0.5, 0.6) is 0 Å². The number of hydrogen-bond donors (Lipinski definition) is 1. The zero-order valence-electron chi connectivity index (χ0n) is 12.5. The van der Waals surface area contributed by atoms with E-state index in [9.17, 15) is 9.59 Å². The Morgan fingerprint density at radius 1 is 1.36 bits per heavy atom. The highest BCUT2D eigenvalue weighted by molar-refractivity contribution is 9.10. The van der Waals surface area contributed by atoms with Crippen LogP contribution in [-0.2, 0) is 9.59 Å². The van der Waals surface area contributed by atoms with E-state index in [4.69, 9.17) is 5.11 Å². The van der Waals surface area contributed by atoms with Crippen LogP contribution in [-0.4, -0.2) is 40.7 Å². The van der Waals surface area contributed by atoms with E-state index in [2.05, 4.69) is 15.9 Å². The maximum atomic E-state index is 12.3. The van der Waals surface area contributed by atoms with Gasteiger partial charge in [-0.25, -0.2) is 0 Å². The highest BCUT2D eigenvalue weighted by Crippen LogP contribution is 2.28. The first-order valence-corrected chi connectivity index (χ1v) is 9.13. The normalized spacial score (nSPS) is 21.6. The second kappa shape index (κ2) is 8.02. The number of carbonyl (C=O) groups is 2. The van der Waals surface area contributed by atoms with Gasteiger partial charge in [0.1, 0.15) is 0 Å². The SMILES string of the molecule is CC1CC(C(=O)O)CN(C(=O)CCSc2ccccc2Br)C1. The molecule has 1 heterocycles. The van der Waals surface area contributed by atoms with E-state index in [1.807, 2.05) is 31.2 Å². The average Bonchev–Trinajstić information content (AvgIpc) is 2.48. The summed E-state index contributed by atoms with van der Waals surface area (Å²) >= 11 is 5.13. The Bertz CT molecular complexity index is 552. The van der Waals surface area contributed by atoms with Crippen LogP contribution in [0.3, 0.4) is 0 Å². The van der Waals surface area contributed by atoms with Gasteiger partial charge in [0.2, 0.25) is 5.91 Å². The van der Waals surface area contributed by atoms with Gasteiger partial charge in [-0.1, -0.05) is 19.1 Å². The van der Waals surface area contributed by atoms with E-state index < -0.39 is 11.9 Å². The molecule has 1 aromatic carbocycles. The number of aliphatic carboxylic acids is 1. The molecule has 2 unspecified atom stereocenters. The number of benzene rings is 1. The topological polar surface area (TPSA) is 57.6 Å². The Labute approximate surface area is 143 Å². The molecule has 1 aliphatic heterocycles. The third-order valence-corrected chi connectivity index (χ3v) is 5.80. The Morgan fingerprint density at radius 3 is 2.77 bits per heavy atom. The van der Waals surface area contributed by atoms with Crippen LogP contribution >= 0.6 is 27.7 Å². The van der Waals surface area contributed by atoms with Crippen LogP contribution in [0.15, 0.2) is 33.6 Å². The van der Waals surface area contributed by atoms with Gasteiger partial charge in [0.05, 0.1) is 5.92 Å². The number of hydrogen-bond acceptors (Lipinski definition) is 3. The predicted octanol–water partition coefficient (Wildman–Crippen LogP) is 3.50. The van der Waals surface area contributed by atoms with Crippen LogP contribution in [0.25, 0.3) is 0 Å². The number of piperidine rings is 1. The second-order valence-corrected chi connectivity index (χ2v) is 7.69. The van der Waals surface area contributed by atoms with E-state index >= 15 is 0 Å². The highest BCUT2D eigenvalue weighted by atomic mass is 79.9. The fourth-order valence-corrected chi connectivity index (χ4v) is 4.21. The lowest BCUT2D eigenvalue weighted by atomic mass is 9.90. The fraction of sp³-hybridized carbons (Fsp3) is 0.500. The number of nitrogens with zero attached hydrogens (tertiary/aromatic N) is 1. The number of carboxylic acid groups (broad SMARTS) is 1. The first kappa shape index (κ1) is 17.3. The average molecular weight is 386 g/mol. The Kier molecular flexibility index (Phi) is 6.32. The Morgan fingerprint density at radius 2 is 2.09 bits per heavy atom. The molecule has 0 aromatic heterocycles. The molecule has 1 aromatic rings. The summed E-state index contributed by atoms with van der Waals surface area (Å²) in [7, 11) is 0. The van der Waals surface area contributed by atoms with Crippen LogP contribution < -0.4 is 0 Å². The van der Waals surface area contributed by atoms with Crippen molar-refractivity contribution in [3.05, 3.63) is 28.7 Å². The van der Waals surface area contributed by atoms with Crippen molar-refractivity contribution in [1.82, 2.24) is 4.90 Å². The standard InChI is InChI=1S/C16H20BrNO3S/c1-11-8-12(16(20)21)10-18(9-11)15(19)6-7-22-14-5-3-2-4-13(14)17/h2-5,11-12H,6-10H2,1H3,(H,20,21). The van der Waals surface area contributed by atoms with Crippen molar-refractivity contribution in [1.29, 1.82) is 0 Å². The van der Waals surface area contributed by atoms with Crippen LogP contribution in [0.1, 0.15) is 19.8 Å². The van der Waals surface area contributed by atoms with E-state index in [0.29, 0.717) is 31.7 Å². The third kappa shape index (κ3) is 4.74. The quantitative estimate of drug-likeness (QED) is 0.787. The van der Waals surface area contributed by atoms with E-state index in [1.54, 1.807) is 16.7 Å². The molecule has 0 bridgehead atoms. The van der Waals surface area contributed by atoms with Crippen LogP contribution in [0.2, 0.25) is 0 Å². The molecule has 0 spiro atoms. The minimum Gasteiger partial charge on any atom is -0.481 e. The Hall–Kier alpha value is -1.01. The van der Waals surface area contributed by atoms with Gasteiger partial charge >= 0.3 is 5.97 Å². The van der Waals surface area contributed by atoms with Crippen molar-refractivity contribution in [2.45, 2.75) is 24.7 Å². The molecular formula is C16H20BrNO3S. The van der Waals surface area contributed by atoms with Crippen molar-refractivity contribution in [3.8, 4) is 0 Å². The first-order chi connectivity index (χ1) is 10.5. The minimum atomic E-state index is -0.799. The summed E-state index contributed by atoms with van der Waals surface area (Å²) in [6.45, 7) is 3.02. The molecule has 0 radical (unpaired) electrons. The number of thioether (sulfide) groups is 1. The zero-order chi connectivity index (χ0) is 16.1. The molecule has 120 valence electrons. The fourth-order valence-electron chi connectivity index (χ4n) is 2.70. The first-order valence-electron chi connectivity index (χ1n) is 7.35. The smallest absolute Gasteiger partial charge is 0.308 e. The molecule has 1 aliphatic rings. The summed E-state index contributed by atoms with van der Waals surface area (Å²) in [5.41, 5.74) is 0. The summed E-state index contributed by atoms with van der Waals surface area (Å²) in [4.78, 5) is 26.3. The van der Waals surface area contributed by atoms with Gasteiger partial charge < -0.3 is 10.0 Å². The van der Waals surface area contributed by atoms with E-state index in [-0.39, 0.29) is 11.8 Å². The minimum absolute atomic E-state index is 0.0531. The van der Waals surface area contributed by atoms with Crippen molar-refractivity contribution in [2.75, 3.05) is 18.8 Å². The van der Waals surface area contributed by atoms with E-state index in [0.717, 1.165) is 9.37 Å². The van der Waals surface area contributed by atoms with Crippen molar-refractivity contribution in [2.24, 2.45) is 11.8 Å². The predicted molar refractivity (Wildman–Crippen MR) is 91.0 cm³/mol. The van der Waals surface area contributed by atoms with Gasteiger partial charge in [0, 0.05) is 34.6 Å². The number of amides is 1. The number of halogens is 1. The second-order valence-electron chi connectivity index (χ2n) is 5.70. The van der Waals surface area contributed by atoms with Crippen molar-refractivity contribution in [3.63, 3.8) is 0 Å². The number of rotatable bonds is 5. The summed E-state index contributed by atoms with van der Waals surface area (Å²) < 4.78 is 1.03. The number of likely N-dealkylation sites (tertiary alicyclic amines) is 1. The third-order valence-electron chi connectivity index (χ3n) is 3.77. The molecule has 1 N–H and O–H groups in total. The molecule has 4 nitrogen and oxygen atoms in total. The summed E-state index contributed by atoms with van der Waals surface area (Å²) in [6, 6.07) is 7.93. The molecule has 1 saturated heterocycles. The molecule has 0 aliphatic carbocycles. The lowest BCUT2D eigenvalue weighted by Gasteiger charge is -2.34. The zero-order valence-corrected chi connectivity index (χ0v) is 14.9. The van der Waals surface area contributed by atoms with Crippen LogP contribution in [0, 0.1) is 11.8 Å². The molecule has 2 rings (SSSR count). The van der Waals surface area contributed by atoms with Gasteiger partial charge in [0.25, 0.3) is 0 Å². The van der Waals surface area contributed by atoms with Gasteiger partial charge in [-0.2, -0.15) is 0 Å². The lowest BCUT2D eigenvalue weighted by molar-refractivity contribution is -0.146. The van der Waals surface area contributed by atoms with Gasteiger partial charge in [-0.15, -0.1) is 11.8 Å². The van der Waals surface area contributed by atoms with E-state index in [1.165, 1.54) is 0 Å². The van der Waals surface area contributed by atoms with Gasteiger partial charge in [-0.05, 0) is 40.4 Å². The highest BCUT2D eigenvalue weighted by Gasteiger charge is 2.31. The Balaban J connectivity index is 1.84. The van der Waals surface area contributed by atoms with Crippen molar-refractivity contribution >= 4 is 39.6 Å². The molecule has 1 amide bonds. The van der Waals surface area contributed by atoms with Crippen molar-refractivity contribution < 1.29 is 14.7 Å². The molecule has 6 heteroatoms. The number of carboxylic acids is 1. The summed E-state index contributed by atoms with van der Waals surface area (Å²) in [5, 5.41) is 9.16. The summed E-state index contributed by atoms with van der Waals surface area (Å²) in [6.07, 6.45) is 1.09. The van der Waals surface area contributed by atoms with Crippen LogP contribution in [0.4, 0.5) is 0 Å². The molecule has 2 atom stereocenters.